The van der Waals surface area contributed by atoms with Gasteiger partial charge < -0.3 is 15.2 Å². The largest absolute Gasteiger partial charge is 0.507 e. The lowest BCUT2D eigenvalue weighted by Gasteiger charge is -2.22. The number of nitro benzene ring substituents is 1. The predicted molar refractivity (Wildman–Crippen MR) is 106 cm³/mol. The van der Waals surface area contributed by atoms with Crippen LogP contribution in [0.15, 0.2) is 24.4 Å². The number of hydrogen-bond acceptors (Lipinski definition) is 7. The summed E-state index contributed by atoms with van der Waals surface area (Å²) in [7, 11) is 0. The Morgan fingerprint density at radius 1 is 1.31 bits per heavy atom. The van der Waals surface area contributed by atoms with Gasteiger partial charge in [-0.2, -0.15) is 0 Å². The van der Waals surface area contributed by atoms with Crippen LogP contribution in [0.5, 0.6) is 5.75 Å². The van der Waals surface area contributed by atoms with E-state index in [1.807, 2.05) is 0 Å². The molecule has 0 aliphatic heterocycles. The molecule has 1 amide bonds. The van der Waals surface area contributed by atoms with Crippen LogP contribution in [-0.2, 0) is 10.2 Å². The third-order valence-corrected chi connectivity index (χ3v) is 4.28. The van der Waals surface area contributed by atoms with Crippen molar-refractivity contribution in [2.24, 2.45) is 0 Å². The van der Waals surface area contributed by atoms with Crippen LogP contribution >= 0.6 is 0 Å². The first kappa shape index (κ1) is 21.8. The normalized spacial score (nSPS) is 11.1. The monoisotopic (exact) mass is 401 g/mol. The second-order valence-corrected chi connectivity index (χ2v) is 7.41. The van der Waals surface area contributed by atoms with Gasteiger partial charge in [-0.05, 0) is 31.4 Å². The molecule has 9 heteroatoms. The van der Waals surface area contributed by atoms with E-state index in [0.717, 1.165) is 0 Å². The van der Waals surface area contributed by atoms with Crippen molar-refractivity contribution in [3.63, 3.8) is 0 Å². The van der Waals surface area contributed by atoms with Gasteiger partial charge in [-0.15, -0.1) is 0 Å². The van der Waals surface area contributed by atoms with Crippen molar-refractivity contribution < 1.29 is 24.4 Å². The molecule has 0 saturated heterocycles. The molecule has 0 radical (unpaired) electrons. The van der Waals surface area contributed by atoms with Crippen molar-refractivity contribution >= 4 is 23.4 Å². The number of nitrogens with zero attached hydrogens (tertiary/aromatic N) is 2. The van der Waals surface area contributed by atoms with Crippen molar-refractivity contribution in [2.45, 2.75) is 40.0 Å². The number of aromatic nitrogens is 1. The van der Waals surface area contributed by atoms with Gasteiger partial charge in [0.05, 0.1) is 22.7 Å². The van der Waals surface area contributed by atoms with Gasteiger partial charge in [0.2, 0.25) is 0 Å². The number of esters is 1. The number of aromatic hydroxyl groups is 1. The number of pyridine rings is 1. The van der Waals surface area contributed by atoms with E-state index < -0.39 is 22.2 Å². The number of phenols is 1. The van der Waals surface area contributed by atoms with E-state index in [4.69, 9.17) is 4.74 Å². The molecule has 29 heavy (non-hydrogen) atoms. The fourth-order valence-corrected chi connectivity index (χ4v) is 2.77. The predicted octanol–water partition coefficient (Wildman–Crippen LogP) is 3.73. The SMILES string of the molecule is CCOC(=O)c1ccc(NC(=O)c2c(C)c([N+](=O)[O-])cc(C(C)(C)C)c2O)nc1. The van der Waals surface area contributed by atoms with Crippen molar-refractivity contribution in [1.82, 2.24) is 4.98 Å². The number of carbonyl (C=O) groups excluding carboxylic acids is 2. The first-order chi connectivity index (χ1) is 13.5. The van der Waals surface area contributed by atoms with Gasteiger partial charge in [0.15, 0.2) is 0 Å². The maximum absolute atomic E-state index is 12.8. The number of rotatable bonds is 5. The maximum Gasteiger partial charge on any atom is 0.339 e. The third-order valence-electron chi connectivity index (χ3n) is 4.28. The molecule has 0 aliphatic carbocycles. The molecule has 0 aliphatic rings. The van der Waals surface area contributed by atoms with Gasteiger partial charge in [-0.1, -0.05) is 20.8 Å². The van der Waals surface area contributed by atoms with E-state index in [2.05, 4.69) is 10.3 Å². The van der Waals surface area contributed by atoms with E-state index in [9.17, 15) is 24.8 Å². The van der Waals surface area contributed by atoms with Gasteiger partial charge in [0, 0.05) is 23.4 Å². The second kappa shape index (κ2) is 8.26. The Balaban J connectivity index is 2.43. The summed E-state index contributed by atoms with van der Waals surface area (Å²) in [6, 6.07) is 4.12. The summed E-state index contributed by atoms with van der Waals surface area (Å²) in [6.07, 6.45) is 1.24. The number of carbonyl (C=O) groups is 2. The molecule has 0 fully saturated rings. The Bertz CT molecular complexity index is 962. The highest BCUT2D eigenvalue weighted by molar-refractivity contribution is 6.08. The van der Waals surface area contributed by atoms with Gasteiger partial charge in [-0.25, -0.2) is 9.78 Å². The van der Waals surface area contributed by atoms with Crippen LogP contribution in [-0.4, -0.2) is 33.5 Å². The number of nitro groups is 1. The molecule has 0 saturated carbocycles. The molecule has 1 aromatic heterocycles. The first-order valence-electron chi connectivity index (χ1n) is 8.93. The van der Waals surface area contributed by atoms with Crippen molar-refractivity contribution in [1.29, 1.82) is 0 Å². The lowest BCUT2D eigenvalue weighted by Crippen LogP contribution is -2.19. The van der Waals surface area contributed by atoms with Crippen molar-refractivity contribution in [2.75, 3.05) is 11.9 Å². The highest BCUT2D eigenvalue weighted by atomic mass is 16.6. The van der Waals surface area contributed by atoms with Crippen molar-refractivity contribution in [3.8, 4) is 5.75 Å². The van der Waals surface area contributed by atoms with Crippen LogP contribution in [0.2, 0.25) is 0 Å². The molecule has 0 unspecified atom stereocenters. The molecule has 154 valence electrons. The van der Waals surface area contributed by atoms with Crippen molar-refractivity contribution in [3.05, 3.63) is 56.8 Å². The third kappa shape index (κ3) is 4.68. The standard InChI is InChI=1S/C20H23N3O6/c1-6-29-19(26)12-7-8-15(21-10-12)22-18(25)16-11(2)14(23(27)28)9-13(17(16)24)20(3,4)5/h7-10,24H,6H2,1-5H3,(H,21,22,25). The summed E-state index contributed by atoms with van der Waals surface area (Å²) < 4.78 is 4.87. The quantitative estimate of drug-likeness (QED) is 0.443. The van der Waals surface area contributed by atoms with Crippen LogP contribution in [0.25, 0.3) is 0 Å². The lowest BCUT2D eigenvalue weighted by molar-refractivity contribution is -0.385. The Morgan fingerprint density at radius 2 is 1.97 bits per heavy atom. The van der Waals surface area contributed by atoms with Gasteiger partial charge in [-0.3, -0.25) is 14.9 Å². The average molecular weight is 401 g/mol. The molecular weight excluding hydrogens is 378 g/mol. The average Bonchev–Trinajstić information content (AvgIpc) is 2.61. The maximum atomic E-state index is 12.8. The summed E-state index contributed by atoms with van der Waals surface area (Å²) >= 11 is 0. The van der Waals surface area contributed by atoms with Crippen LogP contribution in [0.4, 0.5) is 11.5 Å². The molecule has 2 rings (SSSR count). The number of ether oxygens (including phenoxy) is 1. The number of benzene rings is 1. The summed E-state index contributed by atoms with van der Waals surface area (Å²) in [5.41, 5.74) is -0.540. The topological polar surface area (TPSA) is 132 Å². The molecule has 1 aromatic carbocycles. The Morgan fingerprint density at radius 3 is 2.45 bits per heavy atom. The van der Waals surface area contributed by atoms with E-state index in [-0.39, 0.29) is 46.1 Å². The fourth-order valence-electron chi connectivity index (χ4n) is 2.77. The van der Waals surface area contributed by atoms with Crippen LogP contribution in [0.3, 0.4) is 0 Å². The minimum atomic E-state index is -0.745. The molecule has 0 bridgehead atoms. The molecular formula is C20H23N3O6. The Hall–Kier alpha value is -3.49. The molecule has 0 spiro atoms. The lowest BCUT2D eigenvalue weighted by atomic mass is 9.83. The number of amides is 1. The molecule has 0 atom stereocenters. The molecule has 2 N–H and O–H groups in total. The zero-order valence-electron chi connectivity index (χ0n) is 16.9. The summed E-state index contributed by atoms with van der Waals surface area (Å²) in [6.45, 7) is 8.63. The van der Waals surface area contributed by atoms with Crippen LogP contribution in [0, 0.1) is 17.0 Å². The van der Waals surface area contributed by atoms with E-state index in [1.54, 1.807) is 27.7 Å². The van der Waals surface area contributed by atoms with Gasteiger partial charge in [0.1, 0.15) is 11.6 Å². The summed E-state index contributed by atoms with van der Waals surface area (Å²) in [4.78, 5) is 39.3. The molecule has 9 nitrogen and oxygen atoms in total. The second-order valence-electron chi connectivity index (χ2n) is 7.41. The van der Waals surface area contributed by atoms with E-state index in [0.29, 0.717) is 0 Å². The minimum absolute atomic E-state index is 0.0427. The minimum Gasteiger partial charge on any atom is -0.507 e. The van der Waals surface area contributed by atoms with Crippen LogP contribution < -0.4 is 5.32 Å². The zero-order chi connectivity index (χ0) is 21.9. The summed E-state index contributed by atoms with van der Waals surface area (Å²) in [5.74, 6) is -1.49. The van der Waals surface area contributed by atoms with Crippen LogP contribution in [0.1, 0.15) is 59.5 Å². The first-order valence-corrected chi connectivity index (χ1v) is 8.93. The number of hydrogen-bond donors (Lipinski definition) is 2. The number of phenolic OH excluding ortho intramolecular Hbond substituents is 1. The van der Waals surface area contributed by atoms with E-state index >= 15 is 0 Å². The highest BCUT2D eigenvalue weighted by Gasteiger charge is 2.30. The Labute approximate surface area is 167 Å². The Kier molecular flexibility index (Phi) is 6.21. The zero-order valence-corrected chi connectivity index (χ0v) is 16.9. The fraction of sp³-hybridized carbons (Fsp3) is 0.350. The number of nitrogens with one attached hydrogen (secondary N) is 1. The molecule has 1 heterocycles. The molecule has 2 aromatic rings. The number of anilines is 1. The summed E-state index contributed by atoms with van der Waals surface area (Å²) in [5, 5.41) is 24.6. The highest BCUT2D eigenvalue weighted by Crippen LogP contribution is 2.39. The van der Waals surface area contributed by atoms with E-state index in [1.165, 1.54) is 31.3 Å². The smallest absolute Gasteiger partial charge is 0.339 e. The van der Waals surface area contributed by atoms with Gasteiger partial charge >= 0.3 is 5.97 Å². The van der Waals surface area contributed by atoms with Gasteiger partial charge in [0.25, 0.3) is 11.6 Å².